The van der Waals surface area contributed by atoms with Gasteiger partial charge in [0.2, 0.25) is 0 Å². The van der Waals surface area contributed by atoms with Gasteiger partial charge in [0.15, 0.2) is 12.1 Å². The first-order valence-electron chi connectivity index (χ1n) is 10.2. The minimum Gasteiger partial charge on any atom is -0.350 e. The second-order valence-corrected chi connectivity index (χ2v) is 6.47. The van der Waals surface area contributed by atoms with Crippen molar-refractivity contribution in [3.63, 3.8) is 0 Å². The summed E-state index contributed by atoms with van der Waals surface area (Å²) >= 11 is 0. The van der Waals surface area contributed by atoms with Gasteiger partial charge in [-0.3, -0.25) is 9.59 Å². The molecule has 28 heavy (non-hydrogen) atoms. The highest BCUT2D eigenvalue weighted by atomic mass is 16.1. The Hall–Kier alpha value is -2.68. The molecule has 1 N–H and O–H groups in total. The van der Waals surface area contributed by atoms with E-state index in [0.717, 1.165) is 44.9 Å². The highest BCUT2D eigenvalue weighted by Gasteiger charge is 2.07. The van der Waals surface area contributed by atoms with Crippen LogP contribution in [0.15, 0.2) is 72.9 Å². The topological polar surface area (TPSA) is 49.9 Å². The third-order valence-corrected chi connectivity index (χ3v) is 4.07. The number of Topliss-reactive ketones (excluding diaryl/α,β-unsaturated/α-hetero) is 1. The molecule has 0 saturated carbocycles. The Morgan fingerprint density at radius 3 is 1.86 bits per heavy atom. The summed E-state index contributed by atoms with van der Waals surface area (Å²) in [6.07, 6.45) is 29.7. The lowest BCUT2D eigenvalue weighted by Crippen LogP contribution is -1.99. The Kier molecular flexibility index (Phi) is 13.8. The van der Waals surface area contributed by atoms with Crippen LogP contribution in [0, 0.1) is 0 Å². The van der Waals surface area contributed by atoms with Crippen molar-refractivity contribution in [1.29, 1.82) is 0 Å². The van der Waals surface area contributed by atoms with Gasteiger partial charge in [-0.2, -0.15) is 0 Å². The second kappa shape index (κ2) is 16.5. The Morgan fingerprint density at radius 2 is 1.36 bits per heavy atom. The summed E-state index contributed by atoms with van der Waals surface area (Å²) in [7, 11) is 0. The van der Waals surface area contributed by atoms with E-state index in [-0.39, 0.29) is 5.78 Å². The quantitative estimate of drug-likeness (QED) is 0.155. The van der Waals surface area contributed by atoms with Gasteiger partial charge in [0.05, 0.1) is 11.4 Å². The summed E-state index contributed by atoms with van der Waals surface area (Å²) in [6.45, 7) is 2.15. The molecule has 0 aliphatic heterocycles. The van der Waals surface area contributed by atoms with E-state index in [2.05, 4.69) is 72.7 Å². The van der Waals surface area contributed by atoms with E-state index in [1.54, 1.807) is 12.1 Å². The molecule has 1 heterocycles. The zero-order valence-electron chi connectivity index (χ0n) is 17.0. The Labute approximate surface area is 169 Å². The first-order valence-corrected chi connectivity index (χ1v) is 10.2. The molecular formula is C25H33NO2. The van der Waals surface area contributed by atoms with Crippen molar-refractivity contribution in [3.8, 4) is 0 Å². The number of aromatic nitrogens is 1. The molecule has 0 aromatic carbocycles. The number of hydrogen-bond donors (Lipinski definition) is 1. The first-order chi connectivity index (χ1) is 13.8. The Balaban J connectivity index is 2.02. The minimum absolute atomic E-state index is 0.0560. The standard InChI is InChI=1S/C25H33NO2/c1-2-3-4-5-6-7-8-9-10-11-12-13-14-15-16-17-18-19-25(28)24-21-20-23(22-27)26-24/h3-4,6-7,9-10,12-13,15-16,20-22,26H,2,5,8,11,14,17-19H2,1H3/b4-3-,7-6-,10-9-,13-12-,16-15-. The molecule has 3 nitrogen and oxygen atoms in total. The van der Waals surface area contributed by atoms with E-state index in [0.29, 0.717) is 24.1 Å². The molecule has 0 amide bonds. The van der Waals surface area contributed by atoms with Gasteiger partial charge in [-0.05, 0) is 57.1 Å². The van der Waals surface area contributed by atoms with Gasteiger partial charge in [0.1, 0.15) is 0 Å². The van der Waals surface area contributed by atoms with Crippen LogP contribution in [-0.2, 0) is 0 Å². The number of rotatable bonds is 15. The van der Waals surface area contributed by atoms with Crippen molar-refractivity contribution in [1.82, 2.24) is 4.98 Å². The van der Waals surface area contributed by atoms with Gasteiger partial charge in [-0.1, -0.05) is 67.7 Å². The fraction of sp³-hybridized carbons (Fsp3) is 0.360. The molecule has 1 aromatic heterocycles. The molecule has 150 valence electrons. The van der Waals surface area contributed by atoms with Gasteiger partial charge in [-0.15, -0.1) is 0 Å². The third-order valence-electron chi connectivity index (χ3n) is 4.07. The predicted octanol–water partition coefficient (Wildman–Crippen LogP) is 6.93. The number of carbonyl (C=O) groups excluding carboxylic acids is 2. The second-order valence-electron chi connectivity index (χ2n) is 6.47. The molecule has 0 aliphatic carbocycles. The van der Waals surface area contributed by atoms with Crippen molar-refractivity contribution in [2.45, 2.75) is 58.3 Å². The number of hydrogen-bond acceptors (Lipinski definition) is 2. The van der Waals surface area contributed by atoms with Gasteiger partial charge in [0.25, 0.3) is 0 Å². The lowest BCUT2D eigenvalue weighted by Gasteiger charge is -1.96. The van der Waals surface area contributed by atoms with Crippen LogP contribution in [0.5, 0.6) is 0 Å². The van der Waals surface area contributed by atoms with Gasteiger partial charge in [0, 0.05) is 6.42 Å². The molecule has 0 atom stereocenters. The molecule has 0 unspecified atom stereocenters. The van der Waals surface area contributed by atoms with Crippen molar-refractivity contribution in [2.75, 3.05) is 0 Å². The molecule has 0 radical (unpaired) electrons. The summed E-state index contributed by atoms with van der Waals surface area (Å²) in [4.78, 5) is 25.4. The Bertz CT molecular complexity index is 702. The molecule has 0 aliphatic rings. The van der Waals surface area contributed by atoms with Crippen molar-refractivity contribution in [2.24, 2.45) is 0 Å². The summed E-state index contributed by atoms with van der Waals surface area (Å²) < 4.78 is 0. The SMILES string of the molecule is CC/C=C\C/C=C\C/C=C\C/C=C\C/C=C\CCCC(=O)c1ccc(C=O)[nH]1. The van der Waals surface area contributed by atoms with E-state index >= 15 is 0 Å². The zero-order valence-corrected chi connectivity index (χ0v) is 17.0. The zero-order chi connectivity index (χ0) is 20.3. The first kappa shape index (κ1) is 23.4. The van der Waals surface area contributed by atoms with Crippen LogP contribution in [0.2, 0.25) is 0 Å². The van der Waals surface area contributed by atoms with E-state index in [4.69, 9.17) is 0 Å². The van der Waals surface area contributed by atoms with Crippen molar-refractivity contribution < 1.29 is 9.59 Å². The molecule has 1 aromatic rings. The van der Waals surface area contributed by atoms with Crippen LogP contribution in [0.1, 0.15) is 79.3 Å². The molecular weight excluding hydrogens is 346 g/mol. The smallest absolute Gasteiger partial charge is 0.179 e. The van der Waals surface area contributed by atoms with Crippen LogP contribution < -0.4 is 0 Å². The maximum absolute atomic E-state index is 11.9. The fourth-order valence-corrected chi connectivity index (χ4v) is 2.53. The Morgan fingerprint density at radius 1 is 0.821 bits per heavy atom. The van der Waals surface area contributed by atoms with Crippen LogP contribution in [0.4, 0.5) is 0 Å². The highest BCUT2D eigenvalue weighted by molar-refractivity contribution is 5.95. The van der Waals surface area contributed by atoms with Gasteiger partial charge in [-0.25, -0.2) is 0 Å². The third kappa shape index (κ3) is 11.8. The molecule has 0 saturated heterocycles. The molecule has 0 spiro atoms. The summed E-state index contributed by atoms with van der Waals surface area (Å²) in [6, 6.07) is 3.30. The predicted molar refractivity (Wildman–Crippen MR) is 119 cm³/mol. The lowest BCUT2D eigenvalue weighted by molar-refractivity contribution is 0.0976. The van der Waals surface area contributed by atoms with E-state index in [1.165, 1.54) is 0 Å². The number of H-pyrrole nitrogens is 1. The number of carbonyl (C=O) groups is 2. The summed E-state index contributed by atoms with van der Waals surface area (Å²) in [5.74, 6) is 0.0560. The molecule has 1 rings (SSSR count). The van der Waals surface area contributed by atoms with Gasteiger partial charge < -0.3 is 4.98 Å². The molecule has 0 fully saturated rings. The van der Waals surface area contributed by atoms with E-state index in [9.17, 15) is 9.59 Å². The van der Waals surface area contributed by atoms with Crippen LogP contribution in [-0.4, -0.2) is 17.1 Å². The number of aromatic amines is 1. The van der Waals surface area contributed by atoms with Crippen LogP contribution >= 0.6 is 0 Å². The number of unbranched alkanes of at least 4 members (excludes halogenated alkanes) is 1. The lowest BCUT2D eigenvalue weighted by atomic mass is 10.1. The number of ketones is 1. The van der Waals surface area contributed by atoms with E-state index < -0.39 is 0 Å². The minimum atomic E-state index is 0.0560. The van der Waals surface area contributed by atoms with Crippen LogP contribution in [0.25, 0.3) is 0 Å². The maximum atomic E-state index is 11.9. The molecule has 3 heteroatoms. The van der Waals surface area contributed by atoms with Crippen molar-refractivity contribution >= 4 is 12.1 Å². The highest BCUT2D eigenvalue weighted by Crippen LogP contribution is 2.07. The molecule has 0 bridgehead atoms. The number of nitrogens with one attached hydrogen (secondary N) is 1. The van der Waals surface area contributed by atoms with Crippen LogP contribution in [0.3, 0.4) is 0 Å². The monoisotopic (exact) mass is 379 g/mol. The van der Waals surface area contributed by atoms with Gasteiger partial charge >= 0.3 is 0 Å². The largest absolute Gasteiger partial charge is 0.350 e. The average Bonchev–Trinajstić information content (AvgIpc) is 3.19. The maximum Gasteiger partial charge on any atom is 0.179 e. The summed E-state index contributed by atoms with van der Waals surface area (Å²) in [5, 5.41) is 0. The number of aldehydes is 1. The summed E-state index contributed by atoms with van der Waals surface area (Å²) in [5.41, 5.74) is 0.965. The normalized spacial score (nSPS) is 12.5. The average molecular weight is 380 g/mol. The number of allylic oxidation sites excluding steroid dienone is 10. The van der Waals surface area contributed by atoms with E-state index in [1.807, 2.05) is 0 Å². The van der Waals surface area contributed by atoms with Crippen molar-refractivity contribution in [3.05, 3.63) is 84.3 Å². The fourth-order valence-electron chi connectivity index (χ4n) is 2.53.